The fourth-order valence-electron chi connectivity index (χ4n) is 2.05. The third-order valence-corrected chi connectivity index (χ3v) is 3.21. The molecule has 1 aromatic rings. The molecule has 0 amide bonds. The molecule has 1 rings (SSSR count). The van der Waals surface area contributed by atoms with Gasteiger partial charge in [0.15, 0.2) is 11.5 Å². The van der Waals surface area contributed by atoms with Gasteiger partial charge >= 0.3 is 0 Å². The van der Waals surface area contributed by atoms with Crippen LogP contribution in [0.3, 0.4) is 0 Å². The van der Waals surface area contributed by atoms with Crippen LogP contribution in [-0.4, -0.2) is 17.3 Å². The van der Waals surface area contributed by atoms with Crippen LogP contribution in [-0.2, 0) is 12.8 Å². The summed E-state index contributed by atoms with van der Waals surface area (Å²) < 4.78 is 5.18. The van der Waals surface area contributed by atoms with Crippen LogP contribution >= 0.6 is 0 Å². The highest BCUT2D eigenvalue weighted by Crippen LogP contribution is 2.40. The normalized spacial score (nSPS) is 10.6. The van der Waals surface area contributed by atoms with E-state index in [1.54, 1.807) is 13.2 Å². The summed E-state index contributed by atoms with van der Waals surface area (Å²) in [5, 5.41) is 20.3. The third-order valence-electron chi connectivity index (χ3n) is 3.21. The summed E-state index contributed by atoms with van der Waals surface area (Å²) in [5.74, 6) is 0.795. The summed E-state index contributed by atoms with van der Waals surface area (Å²) in [7, 11) is 1.54. The molecule has 0 fully saturated rings. The number of hydrogen-bond donors (Lipinski definition) is 2. The van der Waals surface area contributed by atoms with Gasteiger partial charge in [0.05, 0.1) is 7.11 Å². The van der Waals surface area contributed by atoms with Crippen LogP contribution in [0.15, 0.2) is 6.07 Å². The fourth-order valence-corrected chi connectivity index (χ4v) is 2.05. The van der Waals surface area contributed by atoms with Crippen molar-refractivity contribution in [2.24, 2.45) is 0 Å². The van der Waals surface area contributed by atoms with Gasteiger partial charge in [-0.1, -0.05) is 26.7 Å². The summed E-state index contributed by atoms with van der Waals surface area (Å²) in [6.07, 6.45) is 5.58. The molecule has 0 aliphatic heterocycles. The minimum atomic E-state index is 0.0868. The summed E-state index contributed by atoms with van der Waals surface area (Å²) >= 11 is 0. The van der Waals surface area contributed by atoms with Crippen molar-refractivity contribution in [1.29, 1.82) is 0 Å². The molecule has 0 saturated heterocycles. The molecule has 3 nitrogen and oxygen atoms in total. The molecule has 0 spiro atoms. The standard InChI is InChI=1S/C15H24O3/c1-4-6-8-11-10-13(18-3)15(17)12(14(11)16)9-7-5-2/h10,16-17H,4-9H2,1-3H3. The van der Waals surface area contributed by atoms with E-state index < -0.39 is 0 Å². The van der Waals surface area contributed by atoms with Gasteiger partial charge in [-0.3, -0.25) is 0 Å². The molecule has 18 heavy (non-hydrogen) atoms. The van der Waals surface area contributed by atoms with Crippen LogP contribution in [0, 0.1) is 0 Å². The SMILES string of the molecule is CCCCc1cc(OC)c(O)c(CCCC)c1O. The third kappa shape index (κ3) is 3.31. The maximum atomic E-state index is 10.2. The first-order valence-corrected chi connectivity index (χ1v) is 6.76. The van der Waals surface area contributed by atoms with Gasteiger partial charge in [0, 0.05) is 5.56 Å². The van der Waals surface area contributed by atoms with E-state index in [0.29, 0.717) is 17.7 Å². The Balaban J connectivity index is 3.11. The van der Waals surface area contributed by atoms with Crippen molar-refractivity contribution in [3.05, 3.63) is 17.2 Å². The second-order valence-electron chi connectivity index (χ2n) is 4.62. The van der Waals surface area contributed by atoms with Crippen LogP contribution in [0.4, 0.5) is 0 Å². The van der Waals surface area contributed by atoms with Gasteiger partial charge in [-0.05, 0) is 37.3 Å². The molecular weight excluding hydrogens is 228 g/mol. The Kier molecular flexibility index (Phi) is 5.83. The van der Waals surface area contributed by atoms with Gasteiger partial charge in [0.25, 0.3) is 0 Å². The van der Waals surface area contributed by atoms with Crippen molar-refractivity contribution in [3.8, 4) is 17.2 Å². The molecule has 0 atom stereocenters. The predicted molar refractivity (Wildman–Crippen MR) is 73.5 cm³/mol. The molecule has 0 unspecified atom stereocenters. The lowest BCUT2D eigenvalue weighted by Gasteiger charge is -2.15. The van der Waals surface area contributed by atoms with Gasteiger partial charge in [0.2, 0.25) is 0 Å². The molecule has 0 bridgehead atoms. The number of ether oxygens (including phenoxy) is 1. The molecular formula is C15H24O3. The Morgan fingerprint density at radius 1 is 1.00 bits per heavy atom. The van der Waals surface area contributed by atoms with E-state index >= 15 is 0 Å². The lowest BCUT2D eigenvalue weighted by atomic mass is 9.98. The molecule has 0 saturated carbocycles. The minimum absolute atomic E-state index is 0.0868. The number of phenolic OH excluding ortho intramolecular Hbond substituents is 2. The number of unbranched alkanes of at least 4 members (excludes halogenated alkanes) is 2. The predicted octanol–water partition coefficient (Wildman–Crippen LogP) is 3.79. The van der Waals surface area contributed by atoms with E-state index in [4.69, 9.17) is 4.74 Å². The van der Waals surface area contributed by atoms with Crippen molar-refractivity contribution >= 4 is 0 Å². The Labute approximate surface area is 109 Å². The smallest absolute Gasteiger partial charge is 0.164 e. The number of hydrogen-bond acceptors (Lipinski definition) is 3. The first-order valence-electron chi connectivity index (χ1n) is 6.76. The zero-order chi connectivity index (χ0) is 13.5. The molecule has 0 aliphatic rings. The molecule has 102 valence electrons. The molecule has 0 aromatic heterocycles. The highest BCUT2D eigenvalue weighted by molar-refractivity contribution is 5.56. The molecule has 0 radical (unpaired) electrons. The minimum Gasteiger partial charge on any atom is -0.507 e. The number of rotatable bonds is 7. The molecule has 1 aromatic carbocycles. The second kappa shape index (κ2) is 7.14. The van der Waals surface area contributed by atoms with Crippen LogP contribution in [0.2, 0.25) is 0 Å². The molecule has 0 aliphatic carbocycles. The van der Waals surface area contributed by atoms with E-state index in [0.717, 1.165) is 37.7 Å². The maximum Gasteiger partial charge on any atom is 0.164 e. The molecule has 0 heterocycles. The first kappa shape index (κ1) is 14.7. The highest BCUT2D eigenvalue weighted by Gasteiger charge is 2.17. The average molecular weight is 252 g/mol. The monoisotopic (exact) mass is 252 g/mol. The van der Waals surface area contributed by atoms with Crippen molar-refractivity contribution in [2.45, 2.75) is 52.4 Å². The average Bonchev–Trinajstić information content (AvgIpc) is 2.38. The van der Waals surface area contributed by atoms with Gasteiger partial charge in [-0.25, -0.2) is 0 Å². The summed E-state index contributed by atoms with van der Waals surface area (Å²) in [6.45, 7) is 4.21. The zero-order valence-electron chi connectivity index (χ0n) is 11.6. The van der Waals surface area contributed by atoms with Gasteiger partial charge in [0.1, 0.15) is 5.75 Å². The van der Waals surface area contributed by atoms with Crippen LogP contribution < -0.4 is 4.74 Å². The summed E-state index contributed by atoms with van der Waals surface area (Å²) in [4.78, 5) is 0. The van der Waals surface area contributed by atoms with Gasteiger partial charge in [-0.15, -0.1) is 0 Å². The molecule has 3 heteroatoms. The van der Waals surface area contributed by atoms with E-state index in [9.17, 15) is 10.2 Å². The van der Waals surface area contributed by atoms with Crippen LogP contribution in [0.5, 0.6) is 17.2 Å². The van der Waals surface area contributed by atoms with Gasteiger partial charge < -0.3 is 14.9 Å². The Morgan fingerprint density at radius 2 is 1.61 bits per heavy atom. The number of benzene rings is 1. The van der Waals surface area contributed by atoms with Crippen molar-refractivity contribution in [1.82, 2.24) is 0 Å². The topological polar surface area (TPSA) is 49.7 Å². The summed E-state index contributed by atoms with van der Waals surface area (Å²) in [5.41, 5.74) is 1.50. The van der Waals surface area contributed by atoms with Gasteiger partial charge in [-0.2, -0.15) is 0 Å². The largest absolute Gasteiger partial charge is 0.507 e. The second-order valence-corrected chi connectivity index (χ2v) is 4.62. The highest BCUT2D eigenvalue weighted by atomic mass is 16.5. The Bertz CT molecular complexity index is 386. The Hall–Kier alpha value is -1.38. The number of methoxy groups -OCH3 is 1. The lowest BCUT2D eigenvalue weighted by Crippen LogP contribution is -1.96. The van der Waals surface area contributed by atoms with Crippen LogP contribution in [0.25, 0.3) is 0 Å². The number of phenols is 2. The van der Waals surface area contributed by atoms with Crippen molar-refractivity contribution < 1.29 is 14.9 Å². The maximum absolute atomic E-state index is 10.2. The first-order chi connectivity index (χ1) is 8.65. The number of aromatic hydroxyl groups is 2. The lowest BCUT2D eigenvalue weighted by molar-refractivity contribution is 0.363. The number of aryl methyl sites for hydroxylation is 1. The quantitative estimate of drug-likeness (QED) is 0.776. The van der Waals surface area contributed by atoms with Crippen LogP contribution in [0.1, 0.15) is 50.7 Å². The fraction of sp³-hybridized carbons (Fsp3) is 0.600. The summed E-state index contributed by atoms with van der Waals surface area (Å²) in [6, 6.07) is 1.75. The van der Waals surface area contributed by atoms with E-state index in [2.05, 4.69) is 13.8 Å². The molecule has 2 N–H and O–H groups in total. The Morgan fingerprint density at radius 3 is 2.17 bits per heavy atom. The van der Waals surface area contributed by atoms with Crippen molar-refractivity contribution in [2.75, 3.05) is 7.11 Å². The van der Waals surface area contributed by atoms with E-state index in [1.807, 2.05) is 0 Å². The van der Waals surface area contributed by atoms with E-state index in [-0.39, 0.29) is 11.5 Å². The van der Waals surface area contributed by atoms with Crippen molar-refractivity contribution in [3.63, 3.8) is 0 Å². The van der Waals surface area contributed by atoms with E-state index in [1.165, 1.54) is 0 Å². The zero-order valence-corrected chi connectivity index (χ0v) is 11.6.